The van der Waals surface area contributed by atoms with Crippen LogP contribution in [-0.4, -0.2) is 65.7 Å². The van der Waals surface area contributed by atoms with Crippen LogP contribution in [0.5, 0.6) is 11.5 Å². The highest BCUT2D eigenvalue weighted by atomic mass is 32.1. The fourth-order valence-electron chi connectivity index (χ4n) is 5.23. The van der Waals surface area contributed by atoms with Crippen LogP contribution in [0.4, 0.5) is 10.2 Å². The number of thiophene rings is 1. The van der Waals surface area contributed by atoms with Crippen LogP contribution in [0, 0.1) is 5.82 Å². The van der Waals surface area contributed by atoms with Crippen LogP contribution in [-0.2, 0) is 25.6 Å². The monoisotopic (exact) mass is 631 g/mol. The summed E-state index contributed by atoms with van der Waals surface area (Å²) in [5.41, 5.74) is 7.75. The van der Waals surface area contributed by atoms with E-state index in [4.69, 9.17) is 19.9 Å². The minimum Gasteiger partial charge on any atom is -0.457 e. The molecule has 2 saturated heterocycles. The summed E-state index contributed by atoms with van der Waals surface area (Å²) in [6.45, 7) is 0.734. The van der Waals surface area contributed by atoms with Crippen LogP contribution < -0.4 is 21.1 Å². The molecule has 11 nitrogen and oxygen atoms in total. The number of carbonyl (C=O) groups is 3. The van der Waals surface area contributed by atoms with E-state index in [1.807, 2.05) is 23.6 Å². The zero-order valence-corrected chi connectivity index (χ0v) is 24.8. The Morgan fingerprint density at radius 1 is 1.02 bits per heavy atom. The summed E-state index contributed by atoms with van der Waals surface area (Å²) in [7, 11) is 0. The molecule has 6 rings (SSSR count). The summed E-state index contributed by atoms with van der Waals surface area (Å²) < 4.78 is 30.4. The van der Waals surface area contributed by atoms with Gasteiger partial charge in [0.2, 0.25) is 11.8 Å². The molecular formula is C32H30FN5O6S. The molecule has 0 aliphatic carbocycles. The summed E-state index contributed by atoms with van der Waals surface area (Å²) in [6.07, 6.45) is 0.178. The number of benzene rings is 2. The lowest BCUT2D eigenvalue weighted by Gasteiger charge is -2.24. The summed E-state index contributed by atoms with van der Waals surface area (Å²) in [6, 6.07) is 18.4. The van der Waals surface area contributed by atoms with Crippen LogP contribution in [0.25, 0.3) is 11.3 Å². The molecule has 2 aromatic heterocycles. The number of anilines is 1. The number of likely N-dealkylation sites (tertiary alicyclic amines) is 1. The zero-order valence-electron chi connectivity index (χ0n) is 24.0. The first-order chi connectivity index (χ1) is 21.8. The molecule has 4 N–H and O–H groups in total. The van der Waals surface area contributed by atoms with Crippen LogP contribution in [0.15, 0.2) is 78.2 Å². The fourth-order valence-corrected chi connectivity index (χ4v) is 6.04. The number of hydrogen-bond acceptors (Lipinski definition) is 9. The molecule has 1 unspecified atom stereocenters. The van der Waals surface area contributed by atoms with Gasteiger partial charge in [-0.2, -0.15) is 0 Å². The highest BCUT2D eigenvalue weighted by Crippen LogP contribution is 2.35. The molecular weight excluding hydrogens is 601 g/mol. The van der Waals surface area contributed by atoms with Crippen molar-refractivity contribution in [2.75, 3.05) is 32.0 Å². The van der Waals surface area contributed by atoms with E-state index >= 15 is 0 Å². The largest absolute Gasteiger partial charge is 0.457 e. The number of hydrogen-bond donors (Lipinski definition) is 3. The van der Waals surface area contributed by atoms with Crippen molar-refractivity contribution in [2.45, 2.75) is 24.8 Å². The smallest absolute Gasteiger partial charge is 0.251 e. The van der Waals surface area contributed by atoms with Gasteiger partial charge < -0.3 is 35.5 Å². The van der Waals surface area contributed by atoms with E-state index in [1.165, 1.54) is 40.5 Å². The molecule has 4 aromatic rings. The number of rotatable bonds is 9. The van der Waals surface area contributed by atoms with Crippen molar-refractivity contribution in [3.05, 3.63) is 94.4 Å². The summed E-state index contributed by atoms with van der Waals surface area (Å²) >= 11 is 1.48. The minimum atomic E-state index is -1.06. The van der Waals surface area contributed by atoms with Gasteiger partial charge in [0.1, 0.15) is 29.2 Å². The van der Waals surface area contributed by atoms with E-state index in [0.29, 0.717) is 36.1 Å². The maximum absolute atomic E-state index is 13.4. The Balaban J connectivity index is 1.05. The van der Waals surface area contributed by atoms with Crippen LogP contribution >= 0.6 is 11.3 Å². The first-order valence-corrected chi connectivity index (χ1v) is 15.1. The van der Waals surface area contributed by atoms with Gasteiger partial charge in [0, 0.05) is 27.8 Å². The number of carbonyl (C=O) groups excluding carboxylic acids is 3. The first-order valence-electron chi connectivity index (χ1n) is 14.2. The second-order valence-corrected chi connectivity index (χ2v) is 11.6. The highest BCUT2D eigenvalue weighted by Gasteiger charge is 2.52. The SMILES string of the molecule is Nc1cccc(-c2csc(CNC(=O)C3CC4(CN3C(=O)CNC(=O)c3ccc(Oc5ccc(F)cc5)cc3)OCCO4)c2)n1. The third-order valence-electron chi connectivity index (χ3n) is 7.45. The molecule has 2 aromatic carbocycles. The fraction of sp³-hybridized carbons (Fsp3) is 0.250. The Morgan fingerprint density at radius 3 is 2.44 bits per heavy atom. The van der Waals surface area contributed by atoms with Crippen molar-refractivity contribution in [2.24, 2.45) is 0 Å². The molecule has 1 atom stereocenters. The number of nitrogens with one attached hydrogen (secondary N) is 2. The predicted molar refractivity (Wildman–Crippen MR) is 164 cm³/mol. The van der Waals surface area contributed by atoms with Crippen molar-refractivity contribution in [1.82, 2.24) is 20.5 Å². The van der Waals surface area contributed by atoms with Gasteiger partial charge in [0.25, 0.3) is 5.91 Å². The topological polar surface area (TPSA) is 145 Å². The quantitative estimate of drug-likeness (QED) is 0.254. The van der Waals surface area contributed by atoms with E-state index in [-0.39, 0.29) is 37.8 Å². The lowest BCUT2D eigenvalue weighted by Crippen LogP contribution is -2.49. The lowest BCUT2D eigenvalue weighted by atomic mass is 10.1. The number of nitrogens with two attached hydrogens (primary N) is 1. The molecule has 13 heteroatoms. The molecule has 0 saturated carbocycles. The Morgan fingerprint density at radius 2 is 1.73 bits per heavy atom. The van der Waals surface area contributed by atoms with Gasteiger partial charge in [-0.05, 0) is 66.7 Å². The number of pyridine rings is 1. The van der Waals surface area contributed by atoms with Crippen molar-refractivity contribution >= 4 is 34.9 Å². The van der Waals surface area contributed by atoms with Gasteiger partial charge in [-0.15, -0.1) is 11.3 Å². The molecule has 4 heterocycles. The Kier molecular flexibility index (Phi) is 8.74. The van der Waals surface area contributed by atoms with E-state index in [9.17, 15) is 18.8 Å². The summed E-state index contributed by atoms with van der Waals surface area (Å²) in [4.78, 5) is 46.2. The predicted octanol–water partition coefficient (Wildman–Crippen LogP) is 3.71. The second kappa shape index (κ2) is 13.0. The normalized spacial score (nSPS) is 16.9. The molecule has 232 valence electrons. The molecule has 3 amide bonds. The Bertz CT molecular complexity index is 1690. The third-order valence-corrected chi connectivity index (χ3v) is 8.39. The van der Waals surface area contributed by atoms with Gasteiger partial charge in [-0.25, -0.2) is 9.37 Å². The molecule has 1 spiro atoms. The maximum atomic E-state index is 13.4. The Labute approximate surface area is 262 Å². The zero-order chi connectivity index (χ0) is 31.4. The molecule has 0 radical (unpaired) electrons. The average Bonchev–Trinajstić information content (AvgIpc) is 3.81. The van der Waals surface area contributed by atoms with Crippen molar-refractivity contribution < 1.29 is 33.0 Å². The van der Waals surface area contributed by atoms with Crippen LogP contribution in [0.3, 0.4) is 0 Å². The van der Waals surface area contributed by atoms with E-state index in [0.717, 1.165) is 16.1 Å². The summed E-state index contributed by atoms with van der Waals surface area (Å²) in [5.74, 6) is -1.36. The van der Waals surface area contributed by atoms with Gasteiger partial charge in [0.05, 0.1) is 38.5 Å². The van der Waals surface area contributed by atoms with E-state index in [2.05, 4.69) is 15.6 Å². The highest BCUT2D eigenvalue weighted by molar-refractivity contribution is 7.10. The average molecular weight is 632 g/mol. The standard InChI is InChI=1S/C32H30FN5O6S/c33-22-6-10-24(11-7-22)44-23-8-4-20(5-9-23)30(40)36-17-29(39)38-19-32(42-12-13-43-32)15-27(38)31(41)35-16-25-14-21(18-45-25)26-2-1-3-28(34)37-26/h1-11,14,18,27H,12-13,15-17,19H2,(H2,34,37)(H,35,41)(H,36,40). The summed E-state index contributed by atoms with van der Waals surface area (Å²) in [5, 5.41) is 7.50. The third kappa shape index (κ3) is 7.11. The number of nitrogens with zero attached hydrogens (tertiary/aromatic N) is 2. The minimum absolute atomic E-state index is 0.0689. The number of amides is 3. The Hall–Kier alpha value is -4.85. The maximum Gasteiger partial charge on any atom is 0.251 e. The van der Waals surface area contributed by atoms with Crippen LogP contribution in [0.2, 0.25) is 0 Å². The number of aromatic nitrogens is 1. The van der Waals surface area contributed by atoms with Crippen molar-refractivity contribution in [1.29, 1.82) is 0 Å². The lowest BCUT2D eigenvalue weighted by molar-refractivity contribution is -0.152. The van der Waals surface area contributed by atoms with Crippen molar-refractivity contribution in [3.8, 4) is 22.8 Å². The molecule has 0 bridgehead atoms. The van der Waals surface area contributed by atoms with E-state index < -0.39 is 23.6 Å². The number of nitrogen functional groups attached to an aromatic ring is 1. The van der Waals surface area contributed by atoms with Gasteiger partial charge in [-0.3, -0.25) is 14.4 Å². The molecule has 2 fully saturated rings. The number of halogens is 1. The van der Waals surface area contributed by atoms with Gasteiger partial charge in [0.15, 0.2) is 5.79 Å². The molecule has 2 aliphatic rings. The first kappa shape index (κ1) is 30.2. The van der Waals surface area contributed by atoms with Gasteiger partial charge >= 0.3 is 0 Å². The molecule has 2 aliphatic heterocycles. The second-order valence-electron chi connectivity index (χ2n) is 10.6. The van der Waals surface area contributed by atoms with Gasteiger partial charge in [-0.1, -0.05) is 6.07 Å². The molecule has 45 heavy (non-hydrogen) atoms. The number of ether oxygens (including phenoxy) is 3. The van der Waals surface area contributed by atoms with Crippen molar-refractivity contribution in [3.63, 3.8) is 0 Å². The van der Waals surface area contributed by atoms with Crippen LogP contribution in [0.1, 0.15) is 21.7 Å². The van der Waals surface area contributed by atoms with E-state index in [1.54, 1.807) is 30.3 Å².